The SMILES string of the molecule is CC(C)(C)c1scnc1C(F)(F)F. The molecule has 1 heterocycles. The van der Waals surface area contributed by atoms with E-state index >= 15 is 0 Å². The Labute approximate surface area is 78.6 Å². The number of alkyl halides is 3. The Kier molecular flexibility index (Phi) is 2.40. The minimum atomic E-state index is -4.33. The third kappa shape index (κ3) is 2.21. The van der Waals surface area contributed by atoms with Gasteiger partial charge < -0.3 is 0 Å². The van der Waals surface area contributed by atoms with Gasteiger partial charge in [0.1, 0.15) is 0 Å². The quantitative estimate of drug-likeness (QED) is 0.637. The highest BCUT2D eigenvalue weighted by Crippen LogP contribution is 2.38. The van der Waals surface area contributed by atoms with E-state index in [2.05, 4.69) is 4.98 Å². The summed E-state index contributed by atoms with van der Waals surface area (Å²) in [5.74, 6) is 0. The van der Waals surface area contributed by atoms with Gasteiger partial charge in [-0.25, -0.2) is 4.98 Å². The molecule has 13 heavy (non-hydrogen) atoms. The summed E-state index contributed by atoms with van der Waals surface area (Å²) in [6.45, 7) is 5.24. The molecule has 0 fully saturated rings. The van der Waals surface area contributed by atoms with Crippen molar-refractivity contribution in [3.63, 3.8) is 0 Å². The lowest BCUT2D eigenvalue weighted by Crippen LogP contribution is -2.17. The third-order valence-electron chi connectivity index (χ3n) is 1.52. The van der Waals surface area contributed by atoms with E-state index in [1.165, 1.54) is 5.51 Å². The van der Waals surface area contributed by atoms with Crippen LogP contribution in [0.5, 0.6) is 0 Å². The van der Waals surface area contributed by atoms with Crippen molar-refractivity contribution < 1.29 is 13.2 Å². The fourth-order valence-corrected chi connectivity index (χ4v) is 1.88. The van der Waals surface area contributed by atoms with Crippen LogP contribution in [-0.2, 0) is 11.6 Å². The molecule has 0 aliphatic carbocycles. The molecule has 0 N–H and O–H groups in total. The number of hydrogen-bond donors (Lipinski definition) is 0. The molecule has 0 radical (unpaired) electrons. The molecule has 0 aromatic carbocycles. The van der Waals surface area contributed by atoms with Gasteiger partial charge in [-0.05, 0) is 5.41 Å². The normalized spacial score (nSPS) is 13.4. The molecule has 1 aromatic rings. The first-order valence-electron chi connectivity index (χ1n) is 3.74. The smallest absolute Gasteiger partial charge is 0.240 e. The Morgan fingerprint density at radius 1 is 1.23 bits per heavy atom. The van der Waals surface area contributed by atoms with Crippen molar-refractivity contribution in [3.8, 4) is 0 Å². The van der Waals surface area contributed by atoms with Gasteiger partial charge >= 0.3 is 6.18 Å². The predicted molar refractivity (Wildman–Crippen MR) is 45.8 cm³/mol. The zero-order chi connectivity index (χ0) is 10.3. The first-order chi connectivity index (χ1) is 5.73. The molecule has 1 rings (SSSR count). The number of thiazole rings is 1. The number of rotatable bonds is 0. The molecule has 0 saturated heterocycles. The summed E-state index contributed by atoms with van der Waals surface area (Å²) in [7, 11) is 0. The van der Waals surface area contributed by atoms with Gasteiger partial charge in [0.25, 0.3) is 0 Å². The zero-order valence-electron chi connectivity index (χ0n) is 7.57. The number of nitrogens with zero attached hydrogens (tertiary/aromatic N) is 1. The van der Waals surface area contributed by atoms with E-state index in [0.29, 0.717) is 4.88 Å². The second-order valence-corrected chi connectivity index (χ2v) is 4.63. The largest absolute Gasteiger partial charge is 0.434 e. The standard InChI is InChI=1S/C8H10F3NS/c1-7(2,3)6-5(8(9,10)11)12-4-13-6/h4H,1-3H3. The molecule has 0 unspecified atom stereocenters. The van der Waals surface area contributed by atoms with E-state index in [0.717, 1.165) is 11.3 Å². The van der Waals surface area contributed by atoms with Gasteiger partial charge in [0.2, 0.25) is 0 Å². The van der Waals surface area contributed by atoms with Crippen LogP contribution in [0.25, 0.3) is 0 Å². The molecule has 0 aliphatic heterocycles. The summed E-state index contributed by atoms with van der Waals surface area (Å²) in [5.41, 5.74) is 0.0000926. The zero-order valence-corrected chi connectivity index (χ0v) is 8.38. The molecule has 0 amide bonds. The molecular formula is C8H10F3NS. The van der Waals surface area contributed by atoms with Crippen LogP contribution in [0.1, 0.15) is 31.3 Å². The predicted octanol–water partition coefficient (Wildman–Crippen LogP) is 3.46. The molecule has 1 nitrogen and oxygen atoms in total. The summed E-state index contributed by atoms with van der Waals surface area (Å²) >= 11 is 1.05. The van der Waals surface area contributed by atoms with Crippen LogP contribution in [-0.4, -0.2) is 4.98 Å². The molecule has 74 valence electrons. The van der Waals surface area contributed by atoms with Gasteiger partial charge in [-0.3, -0.25) is 0 Å². The van der Waals surface area contributed by atoms with Gasteiger partial charge in [0, 0.05) is 4.88 Å². The summed E-state index contributed by atoms with van der Waals surface area (Å²) in [5, 5.41) is 0. The lowest BCUT2D eigenvalue weighted by Gasteiger charge is -2.18. The van der Waals surface area contributed by atoms with Crippen molar-refractivity contribution >= 4 is 11.3 Å². The first-order valence-corrected chi connectivity index (χ1v) is 4.62. The van der Waals surface area contributed by atoms with Crippen LogP contribution in [0.2, 0.25) is 0 Å². The molecule has 0 atom stereocenters. The highest BCUT2D eigenvalue weighted by molar-refractivity contribution is 7.09. The van der Waals surface area contributed by atoms with Crippen molar-refractivity contribution in [1.29, 1.82) is 0 Å². The first kappa shape index (κ1) is 10.5. The maximum absolute atomic E-state index is 12.4. The summed E-state index contributed by atoms with van der Waals surface area (Å²) < 4.78 is 37.1. The minimum Gasteiger partial charge on any atom is -0.240 e. The average molecular weight is 209 g/mol. The van der Waals surface area contributed by atoms with Crippen LogP contribution >= 0.6 is 11.3 Å². The average Bonchev–Trinajstić information content (AvgIpc) is 2.27. The fourth-order valence-electron chi connectivity index (χ4n) is 0.980. The lowest BCUT2D eigenvalue weighted by atomic mass is 9.93. The van der Waals surface area contributed by atoms with E-state index in [9.17, 15) is 13.2 Å². The fraction of sp³-hybridized carbons (Fsp3) is 0.625. The van der Waals surface area contributed by atoms with Crippen molar-refractivity contribution in [3.05, 3.63) is 16.1 Å². The Morgan fingerprint density at radius 2 is 1.77 bits per heavy atom. The molecule has 0 spiro atoms. The molecule has 5 heteroatoms. The summed E-state index contributed by atoms with van der Waals surface area (Å²) in [6, 6.07) is 0. The van der Waals surface area contributed by atoms with E-state index in [-0.39, 0.29) is 0 Å². The summed E-state index contributed by atoms with van der Waals surface area (Å²) in [6.07, 6.45) is -4.33. The monoisotopic (exact) mass is 209 g/mol. The third-order valence-corrected chi connectivity index (χ3v) is 2.77. The Balaban J connectivity index is 3.19. The van der Waals surface area contributed by atoms with Crippen LogP contribution in [0.3, 0.4) is 0 Å². The van der Waals surface area contributed by atoms with Crippen LogP contribution in [0.4, 0.5) is 13.2 Å². The van der Waals surface area contributed by atoms with Gasteiger partial charge in [-0.1, -0.05) is 20.8 Å². The van der Waals surface area contributed by atoms with Gasteiger partial charge in [0.05, 0.1) is 5.51 Å². The number of halogens is 3. The van der Waals surface area contributed by atoms with Gasteiger partial charge in [0.15, 0.2) is 5.69 Å². The second-order valence-electron chi connectivity index (χ2n) is 3.78. The highest BCUT2D eigenvalue weighted by atomic mass is 32.1. The Morgan fingerprint density at radius 3 is 2.08 bits per heavy atom. The number of aromatic nitrogens is 1. The topological polar surface area (TPSA) is 12.9 Å². The number of hydrogen-bond acceptors (Lipinski definition) is 2. The minimum absolute atomic E-state index is 0.292. The molecule has 0 bridgehead atoms. The van der Waals surface area contributed by atoms with Crippen molar-refractivity contribution in [1.82, 2.24) is 4.98 Å². The van der Waals surface area contributed by atoms with Gasteiger partial charge in [-0.15, -0.1) is 11.3 Å². The van der Waals surface area contributed by atoms with Gasteiger partial charge in [-0.2, -0.15) is 13.2 Å². The van der Waals surface area contributed by atoms with Crippen LogP contribution in [0.15, 0.2) is 5.51 Å². The molecular weight excluding hydrogens is 199 g/mol. The van der Waals surface area contributed by atoms with E-state index in [1.807, 2.05) is 0 Å². The van der Waals surface area contributed by atoms with E-state index in [1.54, 1.807) is 20.8 Å². The molecule has 1 aromatic heterocycles. The molecule has 0 aliphatic rings. The lowest BCUT2D eigenvalue weighted by molar-refractivity contribution is -0.141. The molecule has 0 saturated carbocycles. The maximum Gasteiger partial charge on any atom is 0.434 e. The Bertz CT molecular complexity index is 267. The van der Waals surface area contributed by atoms with E-state index in [4.69, 9.17) is 0 Å². The van der Waals surface area contributed by atoms with Crippen LogP contribution < -0.4 is 0 Å². The van der Waals surface area contributed by atoms with E-state index < -0.39 is 17.3 Å². The maximum atomic E-state index is 12.4. The van der Waals surface area contributed by atoms with Crippen molar-refractivity contribution in [2.75, 3.05) is 0 Å². The Hall–Kier alpha value is -0.580. The van der Waals surface area contributed by atoms with Crippen molar-refractivity contribution in [2.45, 2.75) is 32.4 Å². The van der Waals surface area contributed by atoms with Crippen LogP contribution in [0, 0.1) is 0 Å². The summed E-state index contributed by atoms with van der Waals surface area (Å²) in [4.78, 5) is 3.64. The van der Waals surface area contributed by atoms with Crippen molar-refractivity contribution in [2.24, 2.45) is 0 Å². The highest BCUT2D eigenvalue weighted by Gasteiger charge is 2.39. The second kappa shape index (κ2) is 2.97.